The van der Waals surface area contributed by atoms with E-state index in [0.717, 1.165) is 6.08 Å². The number of carbonyl (C=O) groups excluding carboxylic acids is 1. The first-order valence-electron chi connectivity index (χ1n) is 10.0. The summed E-state index contributed by atoms with van der Waals surface area (Å²) in [5.74, 6) is -1.66. The van der Waals surface area contributed by atoms with Crippen molar-refractivity contribution in [3.63, 3.8) is 0 Å². The molecule has 8 N–H and O–H groups in total. The molecule has 1 aliphatic heterocycles. The molecule has 12 heteroatoms. The van der Waals surface area contributed by atoms with Crippen molar-refractivity contribution < 1.29 is 59.9 Å². The van der Waals surface area contributed by atoms with Gasteiger partial charge in [-0.15, -0.1) is 0 Å². The van der Waals surface area contributed by atoms with Gasteiger partial charge in [0.05, 0.1) is 6.61 Å². The Kier molecular flexibility index (Phi) is 8.05. The number of hydrogen-bond donors (Lipinski definition) is 8. The standard InChI is InChI=1S/C21H26O12/c22-8-14-16(27)18(29)19(30)21(32-14)31-13-5-4-11(24)20(17(13)28)33-15(26)6-2-9-1-3-10(23)12(25)7-9/h1-7,11,13-14,16-25,27-30H,8H2/b6-2+. The van der Waals surface area contributed by atoms with Crippen LogP contribution in [0.2, 0.25) is 0 Å². The van der Waals surface area contributed by atoms with Crippen LogP contribution >= 0.6 is 0 Å². The lowest BCUT2D eigenvalue weighted by Crippen LogP contribution is -2.61. The first-order chi connectivity index (χ1) is 15.6. The van der Waals surface area contributed by atoms with Crippen molar-refractivity contribution in [2.24, 2.45) is 0 Å². The maximum Gasteiger partial charge on any atom is 0.331 e. The van der Waals surface area contributed by atoms with E-state index in [1.54, 1.807) is 0 Å². The number of ether oxygens (including phenoxy) is 3. The number of aliphatic hydroxyl groups is 6. The third-order valence-electron chi connectivity index (χ3n) is 5.31. The molecule has 0 amide bonds. The van der Waals surface area contributed by atoms with Crippen molar-refractivity contribution in [1.82, 2.24) is 0 Å². The lowest BCUT2D eigenvalue weighted by molar-refractivity contribution is -0.315. The molecule has 0 bridgehead atoms. The average Bonchev–Trinajstić information content (AvgIpc) is 2.79. The van der Waals surface area contributed by atoms with Crippen LogP contribution in [-0.2, 0) is 19.0 Å². The smallest absolute Gasteiger partial charge is 0.331 e. The third-order valence-corrected chi connectivity index (χ3v) is 5.31. The molecule has 182 valence electrons. The molecule has 3 rings (SSSR count). The molecule has 9 atom stereocenters. The van der Waals surface area contributed by atoms with Crippen LogP contribution in [0.1, 0.15) is 5.56 Å². The molecule has 1 aromatic carbocycles. The Morgan fingerprint density at radius 2 is 1.70 bits per heavy atom. The molecule has 1 fully saturated rings. The monoisotopic (exact) mass is 470 g/mol. The highest BCUT2D eigenvalue weighted by atomic mass is 16.7. The number of phenols is 2. The largest absolute Gasteiger partial charge is 0.504 e. The molecular weight excluding hydrogens is 444 g/mol. The number of aromatic hydroxyl groups is 2. The summed E-state index contributed by atoms with van der Waals surface area (Å²) in [5, 5.41) is 78.5. The van der Waals surface area contributed by atoms with Crippen LogP contribution in [0.4, 0.5) is 0 Å². The lowest BCUT2D eigenvalue weighted by Gasteiger charge is -2.42. The Labute approximate surface area is 187 Å². The topological polar surface area (TPSA) is 207 Å². The van der Waals surface area contributed by atoms with Gasteiger partial charge in [-0.25, -0.2) is 4.79 Å². The van der Waals surface area contributed by atoms with Crippen molar-refractivity contribution in [3.8, 4) is 11.5 Å². The van der Waals surface area contributed by atoms with E-state index >= 15 is 0 Å². The van der Waals surface area contributed by atoms with Gasteiger partial charge in [-0.3, -0.25) is 0 Å². The summed E-state index contributed by atoms with van der Waals surface area (Å²) in [5.41, 5.74) is 0.371. The maximum absolute atomic E-state index is 12.2. The van der Waals surface area contributed by atoms with E-state index in [1.165, 1.54) is 36.4 Å². The summed E-state index contributed by atoms with van der Waals surface area (Å²) in [4.78, 5) is 12.2. The number of phenolic OH excluding ortho intramolecular Hbond substituents is 2. The summed E-state index contributed by atoms with van der Waals surface area (Å²) in [7, 11) is 0. The molecule has 0 radical (unpaired) electrons. The van der Waals surface area contributed by atoms with Gasteiger partial charge in [0.25, 0.3) is 0 Å². The predicted octanol–water partition coefficient (Wildman–Crippen LogP) is -2.50. The SMILES string of the molecule is O=C(/C=C/c1ccc(O)c(O)c1)OC1C(O)C=CC(OC2OC(CO)C(O)C(O)C2O)C1O. The number of esters is 1. The Morgan fingerprint density at radius 1 is 0.970 bits per heavy atom. The molecule has 9 unspecified atom stereocenters. The van der Waals surface area contributed by atoms with Gasteiger partial charge in [-0.2, -0.15) is 0 Å². The zero-order valence-electron chi connectivity index (χ0n) is 17.2. The van der Waals surface area contributed by atoms with Gasteiger partial charge < -0.3 is 55.1 Å². The van der Waals surface area contributed by atoms with E-state index in [0.29, 0.717) is 5.56 Å². The highest BCUT2D eigenvalue weighted by molar-refractivity contribution is 5.87. The van der Waals surface area contributed by atoms with Crippen molar-refractivity contribution in [2.75, 3.05) is 6.61 Å². The summed E-state index contributed by atoms with van der Waals surface area (Å²) in [6, 6.07) is 3.85. The number of benzene rings is 1. The first kappa shape index (κ1) is 25.1. The molecule has 1 saturated heterocycles. The molecule has 1 heterocycles. The Balaban J connectivity index is 1.64. The Hall–Kier alpha value is -2.55. The van der Waals surface area contributed by atoms with Crippen LogP contribution in [0.25, 0.3) is 6.08 Å². The second-order valence-electron chi connectivity index (χ2n) is 7.65. The minimum absolute atomic E-state index is 0.333. The molecule has 1 aliphatic carbocycles. The van der Waals surface area contributed by atoms with Gasteiger partial charge >= 0.3 is 5.97 Å². The zero-order chi connectivity index (χ0) is 24.3. The highest BCUT2D eigenvalue weighted by Gasteiger charge is 2.47. The number of aliphatic hydroxyl groups excluding tert-OH is 6. The molecule has 0 saturated carbocycles. The quantitative estimate of drug-likeness (QED) is 0.0940. The summed E-state index contributed by atoms with van der Waals surface area (Å²) in [6.45, 7) is -0.669. The fraction of sp³-hybridized carbons (Fsp3) is 0.476. The normalized spacial score (nSPS) is 36.7. The summed E-state index contributed by atoms with van der Waals surface area (Å²) < 4.78 is 15.8. The molecular formula is C21H26O12. The molecule has 1 aromatic rings. The van der Waals surface area contributed by atoms with Crippen LogP contribution in [0.3, 0.4) is 0 Å². The molecule has 0 aromatic heterocycles. The second kappa shape index (κ2) is 10.6. The van der Waals surface area contributed by atoms with E-state index in [-0.39, 0.29) is 11.5 Å². The molecule has 33 heavy (non-hydrogen) atoms. The van der Waals surface area contributed by atoms with E-state index in [9.17, 15) is 45.6 Å². The lowest BCUT2D eigenvalue weighted by atomic mass is 9.95. The fourth-order valence-electron chi connectivity index (χ4n) is 3.42. The third kappa shape index (κ3) is 5.69. The van der Waals surface area contributed by atoms with Crippen molar-refractivity contribution in [3.05, 3.63) is 42.0 Å². The molecule has 2 aliphatic rings. The van der Waals surface area contributed by atoms with Crippen LogP contribution in [-0.4, -0.2) is 109 Å². The Bertz CT molecular complexity index is 884. The van der Waals surface area contributed by atoms with Crippen molar-refractivity contribution in [2.45, 2.75) is 55.1 Å². The maximum atomic E-state index is 12.2. The van der Waals surface area contributed by atoms with Crippen molar-refractivity contribution in [1.29, 1.82) is 0 Å². The van der Waals surface area contributed by atoms with E-state index in [1.807, 2.05) is 0 Å². The van der Waals surface area contributed by atoms with Gasteiger partial charge in [-0.1, -0.05) is 18.2 Å². The van der Waals surface area contributed by atoms with E-state index in [2.05, 4.69) is 0 Å². The van der Waals surface area contributed by atoms with Crippen LogP contribution in [0.5, 0.6) is 11.5 Å². The van der Waals surface area contributed by atoms with Gasteiger partial charge in [0.1, 0.15) is 42.7 Å². The highest BCUT2D eigenvalue weighted by Crippen LogP contribution is 2.28. The van der Waals surface area contributed by atoms with Crippen LogP contribution < -0.4 is 0 Å². The van der Waals surface area contributed by atoms with Crippen LogP contribution in [0.15, 0.2) is 36.4 Å². The second-order valence-corrected chi connectivity index (χ2v) is 7.65. The average molecular weight is 470 g/mol. The zero-order valence-corrected chi connectivity index (χ0v) is 17.2. The van der Waals surface area contributed by atoms with Crippen molar-refractivity contribution >= 4 is 12.0 Å². The van der Waals surface area contributed by atoms with E-state index in [4.69, 9.17) is 14.2 Å². The fourth-order valence-corrected chi connectivity index (χ4v) is 3.42. The minimum Gasteiger partial charge on any atom is -0.504 e. The van der Waals surface area contributed by atoms with E-state index < -0.39 is 67.7 Å². The number of hydrogen-bond acceptors (Lipinski definition) is 12. The van der Waals surface area contributed by atoms with Gasteiger partial charge in [0, 0.05) is 6.08 Å². The summed E-state index contributed by atoms with van der Waals surface area (Å²) >= 11 is 0. The van der Waals surface area contributed by atoms with Crippen LogP contribution in [0, 0.1) is 0 Å². The minimum atomic E-state index is -1.71. The van der Waals surface area contributed by atoms with Gasteiger partial charge in [0.15, 0.2) is 23.9 Å². The number of rotatable bonds is 6. The van der Waals surface area contributed by atoms with Gasteiger partial charge in [0.2, 0.25) is 0 Å². The molecule has 12 nitrogen and oxygen atoms in total. The molecule has 0 spiro atoms. The first-order valence-corrected chi connectivity index (χ1v) is 10.0. The van der Waals surface area contributed by atoms with Gasteiger partial charge in [-0.05, 0) is 23.8 Å². The Morgan fingerprint density at radius 3 is 2.36 bits per heavy atom. The predicted molar refractivity (Wildman–Crippen MR) is 108 cm³/mol. The summed E-state index contributed by atoms with van der Waals surface area (Å²) in [6.07, 6.45) is -8.74. The number of carbonyl (C=O) groups is 1.